The molecule has 0 unspecified atom stereocenters. The zero-order valence-corrected chi connectivity index (χ0v) is 15.1. The number of benzene rings is 2. The Bertz CT molecular complexity index is 664. The number of para-hydroxylation sites is 1. The number of urea groups is 1. The molecule has 0 aliphatic carbocycles. The van der Waals surface area contributed by atoms with Crippen LogP contribution >= 0.6 is 15.9 Å². The lowest BCUT2D eigenvalue weighted by molar-refractivity contribution is 0.236. The summed E-state index contributed by atoms with van der Waals surface area (Å²) in [5.41, 5.74) is 1.07. The summed E-state index contributed by atoms with van der Waals surface area (Å²) in [5, 5.41) is 5.59. The van der Waals surface area contributed by atoms with E-state index in [9.17, 15) is 4.79 Å². The van der Waals surface area contributed by atoms with Crippen molar-refractivity contribution < 1.29 is 14.3 Å². The van der Waals surface area contributed by atoms with Gasteiger partial charge in [0.05, 0.1) is 13.7 Å². The molecule has 0 aromatic heterocycles. The summed E-state index contributed by atoms with van der Waals surface area (Å²) in [6.45, 7) is 1.39. The number of hydrogen-bond donors (Lipinski definition) is 2. The molecule has 0 heterocycles. The topological polar surface area (TPSA) is 59.6 Å². The zero-order chi connectivity index (χ0) is 17.2. The maximum atomic E-state index is 11.7. The van der Waals surface area contributed by atoms with Crippen molar-refractivity contribution in [1.82, 2.24) is 10.6 Å². The molecule has 0 spiro atoms. The number of hydrogen-bond acceptors (Lipinski definition) is 3. The van der Waals surface area contributed by atoms with Crippen molar-refractivity contribution in [3.05, 3.63) is 58.6 Å². The van der Waals surface area contributed by atoms with E-state index in [0.717, 1.165) is 21.5 Å². The number of nitrogens with one attached hydrogen (secondary N) is 2. The quantitative estimate of drug-likeness (QED) is 0.676. The number of ether oxygens (including phenoxy) is 2. The third-order valence-corrected chi connectivity index (χ3v) is 3.82. The zero-order valence-electron chi connectivity index (χ0n) is 13.5. The molecule has 0 aliphatic heterocycles. The minimum atomic E-state index is -0.206. The normalized spacial score (nSPS) is 10.1. The summed E-state index contributed by atoms with van der Waals surface area (Å²) in [7, 11) is 1.64. The molecule has 0 fully saturated rings. The first-order valence-corrected chi connectivity index (χ1v) is 8.50. The minimum Gasteiger partial charge on any atom is -0.496 e. The van der Waals surface area contributed by atoms with E-state index in [-0.39, 0.29) is 6.03 Å². The molecule has 2 N–H and O–H groups in total. The highest BCUT2D eigenvalue weighted by Gasteiger charge is 2.03. The monoisotopic (exact) mass is 392 g/mol. The van der Waals surface area contributed by atoms with Crippen molar-refractivity contribution in [1.29, 1.82) is 0 Å². The Hall–Kier alpha value is -2.21. The summed E-state index contributed by atoms with van der Waals surface area (Å²) < 4.78 is 11.8. The predicted molar refractivity (Wildman–Crippen MR) is 97.7 cm³/mol. The fourth-order valence-corrected chi connectivity index (χ4v) is 2.55. The number of carbonyl (C=O) groups excluding carboxylic acids is 1. The van der Waals surface area contributed by atoms with Crippen LogP contribution in [0.4, 0.5) is 4.79 Å². The number of halogens is 1. The van der Waals surface area contributed by atoms with Gasteiger partial charge in [-0.2, -0.15) is 0 Å². The molecular formula is C18H21BrN2O3. The highest BCUT2D eigenvalue weighted by molar-refractivity contribution is 9.10. The molecule has 0 saturated carbocycles. The molecular weight excluding hydrogens is 372 g/mol. The lowest BCUT2D eigenvalue weighted by Gasteiger charge is -2.10. The minimum absolute atomic E-state index is 0.206. The molecule has 2 rings (SSSR count). The second-order valence-electron chi connectivity index (χ2n) is 5.05. The SMILES string of the molecule is COc1ccccc1CCNC(=O)NCCOc1cccc(Br)c1. The van der Waals surface area contributed by atoms with Crippen LogP contribution in [0.3, 0.4) is 0 Å². The molecule has 0 radical (unpaired) electrons. The van der Waals surface area contributed by atoms with Gasteiger partial charge >= 0.3 is 6.03 Å². The first-order valence-electron chi connectivity index (χ1n) is 7.71. The Kier molecular flexibility index (Phi) is 7.42. The van der Waals surface area contributed by atoms with Gasteiger partial charge in [-0.05, 0) is 36.2 Å². The molecule has 2 aromatic rings. The molecule has 24 heavy (non-hydrogen) atoms. The van der Waals surface area contributed by atoms with Gasteiger partial charge in [-0.1, -0.05) is 40.2 Å². The molecule has 128 valence electrons. The van der Waals surface area contributed by atoms with Crippen molar-refractivity contribution >= 4 is 22.0 Å². The summed E-state index contributed by atoms with van der Waals surface area (Å²) in [6.07, 6.45) is 0.714. The van der Waals surface area contributed by atoms with Crippen LogP contribution in [-0.4, -0.2) is 32.8 Å². The Morgan fingerprint density at radius 2 is 1.88 bits per heavy atom. The van der Waals surface area contributed by atoms with Crippen LogP contribution in [0.5, 0.6) is 11.5 Å². The molecule has 0 atom stereocenters. The van der Waals surface area contributed by atoms with Gasteiger partial charge in [0.25, 0.3) is 0 Å². The van der Waals surface area contributed by atoms with E-state index in [1.54, 1.807) is 7.11 Å². The maximum Gasteiger partial charge on any atom is 0.314 e. The van der Waals surface area contributed by atoms with Gasteiger partial charge in [0.15, 0.2) is 0 Å². The van der Waals surface area contributed by atoms with Gasteiger partial charge < -0.3 is 20.1 Å². The third-order valence-electron chi connectivity index (χ3n) is 3.32. The summed E-state index contributed by atoms with van der Waals surface area (Å²) in [6, 6.07) is 15.2. The van der Waals surface area contributed by atoms with Crippen LogP contribution in [0.25, 0.3) is 0 Å². The molecule has 6 heteroatoms. The number of carbonyl (C=O) groups is 1. The van der Waals surface area contributed by atoms with E-state index >= 15 is 0 Å². The number of methoxy groups -OCH3 is 1. The van der Waals surface area contributed by atoms with Crippen molar-refractivity contribution in [2.75, 3.05) is 26.8 Å². The van der Waals surface area contributed by atoms with Gasteiger partial charge in [-0.25, -0.2) is 4.79 Å². The second kappa shape index (κ2) is 9.82. The Morgan fingerprint density at radius 3 is 2.67 bits per heavy atom. The first-order chi connectivity index (χ1) is 11.7. The van der Waals surface area contributed by atoms with Crippen LogP contribution < -0.4 is 20.1 Å². The van der Waals surface area contributed by atoms with E-state index < -0.39 is 0 Å². The van der Waals surface area contributed by atoms with Crippen LogP contribution in [0, 0.1) is 0 Å². The summed E-state index contributed by atoms with van der Waals surface area (Å²) >= 11 is 3.38. The van der Waals surface area contributed by atoms with Crippen molar-refractivity contribution in [3.63, 3.8) is 0 Å². The lowest BCUT2D eigenvalue weighted by Crippen LogP contribution is -2.38. The predicted octanol–water partition coefficient (Wildman–Crippen LogP) is 3.38. The van der Waals surface area contributed by atoms with Gasteiger partial charge in [0.2, 0.25) is 0 Å². The molecule has 2 amide bonds. The van der Waals surface area contributed by atoms with Crippen molar-refractivity contribution in [2.45, 2.75) is 6.42 Å². The van der Waals surface area contributed by atoms with Crippen molar-refractivity contribution in [2.24, 2.45) is 0 Å². The Morgan fingerprint density at radius 1 is 1.08 bits per heavy atom. The van der Waals surface area contributed by atoms with E-state index in [0.29, 0.717) is 26.1 Å². The van der Waals surface area contributed by atoms with E-state index in [4.69, 9.17) is 9.47 Å². The van der Waals surface area contributed by atoms with Crippen LogP contribution in [0.2, 0.25) is 0 Å². The smallest absolute Gasteiger partial charge is 0.314 e. The molecule has 2 aromatic carbocycles. The average Bonchev–Trinajstić information content (AvgIpc) is 2.59. The largest absolute Gasteiger partial charge is 0.496 e. The lowest BCUT2D eigenvalue weighted by atomic mass is 10.1. The number of amides is 2. The molecule has 0 saturated heterocycles. The molecule has 0 bridgehead atoms. The second-order valence-corrected chi connectivity index (χ2v) is 5.97. The maximum absolute atomic E-state index is 11.7. The van der Waals surface area contributed by atoms with Gasteiger partial charge in [-0.15, -0.1) is 0 Å². The fraction of sp³-hybridized carbons (Fsp3) is 0.278. The molecule has 5 nitrogen and oxygen atoms in total. The van der Waals surface area contributed by atoms with Crippen molar-refractivity contribution in [3.8, 4) is 11.5 Å². The van der Waals surface area contributed by atoms with E-state index in [2.05, 4.69) is 26.6 Å². The van der Waals surface area contributed by atoms with E-state index in [1.165, 1.54) is 0 Å². The highest BCUT2D eigenvalue weighted by Crippen LogP contribution is 2.18. The van der Waals surface area contributed by atoms with Gasteiger partial charge in [0, 0.05) is 11.0 Å². The summed E-state index contributed by atoms with van der Waals surface area (Å²) in [5.74, 6) is 1.60. The van der Waals surface area contributed by atoms with Gasteiger partial charge in [-0.3, -0.25) is 0 Å². The third kappa shape index (κ3) is 6.12. The standard InChI is InChI=1S/C18H21BrN2O3/c1-23-17-8-3-2-5-14(17)9-10-20-18(22)21-11-12-24-16-7-4-6-15(19)13-16/h2-8,13H,9-12H2,1H3,(H2,20,21,22). The average molecular weight is 393 g/mol. The van der Waals surface area contributed by atoms with Crippen LogP contribution in [0.15, 0.2) is 53.0 Å². The Labute approximate surface area is 150 Å². The summed E-state index contributed by atoms with van der Waals surface area (Å²) in [4.78, 5) is 11.7. The van der Waals surface area contributed by atoms with Crippen LogP contribution in [-0.2, 0) is 6.42 Å². The Balaban J connectivity index is 1.61. The highest BCUT2D eigenvalue weighted by atomic mass is 79.9. The van der Waals surface area contributed by atoms with Crippen LogP contribution in [0.1, 0.15) is 5.56 Å². The van der Waals surface area contributed by atoms with E-state index in [1.807, 2.05) is 48.5 Å². The first kappa shape index (κ1) is 18.1. The molecule has 0 aliphatic rings. The fourth-order valence-electron chi connectivity index (χ4n) is 2.17. The van der Waals surface area contributed by atoms with Gasteiger partial charge in [0.1, 0.15) is 18.1 Å². The number of rotatable bonds is 8.